The Bertz CT molecular complexity index is 1630. The van der Waals surface area contributed by atoms with Crippen LogP contribution in [0.15, 0.2) is 95.9 Å². The summed E-state index contributed by atoms with van der Waals surface area (Å²) in [6, 6.07) is 23.5. The van der Waals surface area contributed by atoms with Crippen molar-refractivity contribution in [3.63, 3.8) is 0 Å². The smallest absolute Gasteiger partial charge is 0.261 e. The molecule has 3 N–H and O–H groups in total. The standard InChI is InChI=1S/C26H18FNO4S/c27-17-10-12-18(13-11-17)33(31,32)28-23-15-22(26(30)21-8-4-3-7-20(21)23)25-19-6-2-1-5-16(19)9-14-24(25)29/h1-15,28-30H. The quantitative estimate of drug-likeness (QED) is 0.287. The monoisotopic (exact) mass is 459 g/mol. The van der Waals surface area contributed by atoms with Crippen molar-refractivity contribution in [2.45, 2.75) is 4.90 Å². The van der Waals surface area contributed by atoms with Crippen LogP contribution in [0.4, 0.5) is 10.1 Å². The Hall–Kier alpha value is -4.10. The molecule has 0 fully saturated rings. The van der Waals surface area contributed by atoms with Crippen LogP contribution in [0.5, 0.6) is 11.5 Å². The Morgan fingerprint density at radius 3 is 2.09 bits per heavy atom. The van der Waals surface area contributed by atoms with Gasteiger partial charge >= 0.3 is 0 Å². The topological polar surface area (TPSA) is 86.6 Å². The van der Waals surface area contributed by atoms with E-state index in [-0.39, 0.29) is 27.6 Å². The number of sulfonamides is 1. The maximum absolute atomic E-state index is 13.3. The van der Waals surface area contributed by atoms with Crippen LogP contribution in [0.3, 0.4) is 0 Å². The maximum Gasteiger partial charge on any atom is 0.261 e. The largest absolute Gasteiger partial charge is 0.507 e. The highest BCUT2D eigenvalue weighted by Gasteiger charge is 2.21. The normalized spacial score (nSPS) is 11.7. The summed E-state index contributed by atoms with van der Waals surface area (Å²) in [5.74, 6) is -0.675. The average Bonchev–Trinajstić information content (AvgIpc) is 2.81. The van der Waals surface area contributed by atoms with E-state index in [9.17, 15) is 23.0 Å². The number of hydrogen-bond donors (Lipinski definition) is 3. The van der Waals surface area contributed by atoms with Gasteiger partial charge in [0.05, 0.1) is 10.6 Å². The molecular formula is C26H18FNO4S. The van der Waals surface area contributed by atoms with Gasteiger partial charge in [-0.05, 0) is 47.2 Å². The number of anilines is 1. The second-order valence-electron chi connectivity index (χ2n) is 7.61. The summed E-state index contributed by atoms with van der Waals surface area (Å²) in [6.07, 6.45) is 0. The molecule has 164 valence electrons. The second kappa shape index (κ2) is 7.79. The first-order chi connectivity index (χ1) is 15.8. The van der Waals surface area contributed by atoms with Gasteiger partial charge in [-0.15, -0.1) is 0 Å². The molecule has 0 aliphatic heterocycles. The second-order valence-corrected chi connectivity index (χ2v) is 9.29. The zero-order valence-electron chi connectivity index (χ0n) is 17.2. The molecule has 5 nitrogen and oxygen atoms in total. The molecule has 5 rings (SSSR count). The number of hydrogen-bond acceptors (Lipinski definition) is 4. The van der Waals surface area contributed by atoms with Gasteiger partial charge in [0.25, 0.3) is 10.0 Å². The molecule has 0 saturated carbocycles. The third kappa shape index (κ3) is 3.62. The molecule has 0 amide bonds. The van der Waals surface area contributed by atoms with Crippen molar-refractivity contribution in [1.29, 1.82) is 0 Å². The number of halogens is 1. The first kappa shape index (κ1) is 20.8. The zero-order valence-corrected chi connectivity index (χ0v) is 18.0. The third-order valence-electron chi connectivity index (χ3n) is 5.56. The van der Waals surface area contributed by atoms with E-state index in [0.717, 1.165) is 17.5 Å². The minimum atomic E-state index is -4.05. The minimum Gasteiger partial charge on any atom is -0.507 e. The number of nitrogens with one attached hydrogen (secondary N) is 1. The van der Waals surface area contributed by atoms with Gasteiger partial charge < -0.3 is 10.2 Å². The van der Waals surface area contributed by atoms with Gasteiger partial charge in [-0.3, -0.25) is 4.72 Å². The maximum atomic E-state index is 13.3. The number of aromatic hydroxyl groups is 2. The highest BCUT2D eigenvalue weighted by Crippen LogP contribution is 2.46. The van der Waals surface area contributed by atoms with Gasteiger partial charge in [0.15, 0.2) is 0 Å². The fourth-order valence-electron chi connectivity index (χ4n) is 4.00. The van der Waals surface area contributed by atoms with E-state index in [0.29, 0.717) is 21.7 Å². The molecule has 5 aromatic carbocycles. The van der Waals surface area contributed by atoms with Crippen molar-refractivity contribution >= 4 is 37.3 Å². The molecule has 0 heterocycles. The lowest BCUT2D eigenvalue weighted by Crippen LogP contribution is -2.13. The Balaban J connectivity index is 1.76. The number of phenolic OH excluding ortho intramolecular Hbond substituents is 2. The van der Waals surface area contributed by atoms with Crippen molar-refractivity contribution < 1.29 is 23.0 Å². The summed E-state index contributed by atoms with van der Waals surface area (Å²) in [5.41, 5.74) is 0.883. The van der Waals surface area contributed by atoms with Crippen LogP contribution in [0, 0.1) is 5.82 Å². The van der Waals surface area contributed by atoms with Gasteiger partial charge in [0, 0.05) is 21.9 Å². The van der Waals surface area contributed by atoms with Crippen molar-refractivity contribution in [3.8, 4) is 22.6 Å². The van der Waals surface area contributed by atoms with Gasteiger partial charge in [0.2, 0.25) is 0 Å². The van der Waals surface area contributed by atoms with E-state index in [4.69, 9.17) is 0 Å². The Labute approximate surface area is 189 Å². The van der Waals surface area contributed by atoms with E-state index in [2.05, 4.69) is 4.72 Å². The van der Waals surface area contributed by atoms with Crippen LogP contribution in [0.25, 0.3) is 32.7 Å². The fraction of sp³-hybridized carbons (Fsp3) is 0. The lowest BCUT2D eigenvalue weighted by atomic mass is 9.93. The van der Waals surface area contributed by atoms with E-state index < -0.39 is 15.8 Å². The van der Waals surface area contributed by atoms with Gasteiger partial charge in [-0.25, -0.2) is 12.8 Å². The highest BCUT2D eigenvalue weighted by molar-refractivity contribution is 7.92. The molecule has 0 aromatic heterocycles. The molecule has 0 spiro atoms. The number of rotatable bonds is 4. The molecule has 0 aliphatic rings. The Morgan fingerprint density at radius 2 is 1.36 bits per heavy atom. The summed E-state index contributed by atoms with van der Waals surface area (Å²) < 4.78 is 41.9. The third-order valence-corrected chi connectivity index (χ3v) is 6.94. The van der Waals surface area contributed by atoms with Gasteiger partial charge in [0.1, 0.15) is 17.3 Å². The zero-order chi connectivity index (χ0) is 23.2. The fourth-order valence-corrected chi connectivity index (χ4v) is 5.07. The highest BCUT2D eigenvalue weighted by atomic mass is 32.2. The molecule has 0 unspecified atom stereocenters. The van der Waals surface area contributed by atoms with E-state index in [1.807, 2.05) is 24.3 Å². The van der Waals surface area contributed by atoms with Crippen molar-refractivity contribution in [1.82, 2.24) is 0 Å². The molecule has 33 heavy (non-hydrogen) atoms. The molecule has 0 bridgehead atoms. The van der Waals surface area contributed by atoms with Crippen LogP contribution in [-0.2, 0) is 10.0 Å². The SMILES string of the molecule is O=S(=O)(Nc1cc(-c2c(O)ccc3ccccc23)c(O)c2ccccc12)c1ccc(F)cc1. The number of benzene rings is 5. The van der Waals surface area contributed by atoms with Crippen LogP contribution < -0.4 is 4.72 Å². The lowest BCUT2D eigenvalue weighted by molar-refractivity contribution is 0.472. The van der Waals surface area contributed by atoms with Crippen molar-refractivity contribution in [2.75, 3.05) is 4.72 Å². The summed E-state index contributed by atoms with van der Waals surface area (Å²) in [7, 11) is -4.05. The van der Waals surface area contributed by atoms with Gasteiger partial charge in [-0.1, -0.05) is 54.6 Å². The molecule has 0 saturated heterocycles. The van der Waals surface area contributed by atoms with Gasteiger partial charge in [-0.2, -0.15) is 0 Å². The van der Waals surface area contributed by atoms with Crippen LogP contribution in [-0.4, -0.2) is 18.6 Å². The van der Waals surface area contributed by atoms with E-state index in [1.165, 1.54) is 24.3 Å². The molecular weight excluding hydrogens is 441 g/mol. The van der Waals surface area contributed by atoms with E-state index >= 15 is 0 Å². The van der Waals surface area contributed by atoms with Crippen LogP contribution in [0.2, 0.25) is 0 Å². The van der Waals surface area contributed by atoms with Crippen LogP contribution >= 0.6 is 0 Å². The lowest BCUT2D eigenvalue weighted by Gasteiger charge is -2.17. The van der Waals surface area contributed by atoms with Crippen LogP contribution in [0.1, 0.15) is 0 Å². The average molecular weight is 459 g/mol. The number of fused-ring (bicyclic) bond motifs is 2. The van der Waals surface area contributed by atoms with E-state index in [1.54, 1.807) is 30.3 Å². The Kier molecular flexibility index (Phi) is 4.91. The summed E-state index contributed by atoms with van der Waals surface area (Å²) in [5, 5.41) is 24.3. The number of phenols is 2. The van der Waals surface area contributed by atoms with Crippen molar-refractivity contribution in [3.05, 3.63) is 96.8 Å². The first-order valence-electron chi connectivity index (χ1n) is 10.1. The molecule has 7 heteroatoms. The molecule has 0 atom stereocenters. The summed E-state index contributed by atoms with van der Waals surface area (Å²) in [4.78, 5) is -0.101. The molecule has 5 aromatic rings. The predicted molar refractivity (Wildman–Crippen MR) is 127 cm³/mol. The summed E-state index contributed by atoms with van der Waals surface area (Å²) in [6.45, 7) is 0. The first-order valence-corrected chi connectivity index (χ1v) is 11.6. The minimum absolute atomic E-state index is 0.0494. The molecule has 0 radical (unpaired) electrons. The predicted octanol–water partition coefficient (Wildman–Crippen LogP) is 6.01. The summed E-state index contributed by atoms with van der Waals surface area (Å²) >= 11 is 0. The van der Waals surface area contributed by atoms with Crippen molar-refractivity contribution in [2.24, 2.45) is 0 Å². The molecule has 0 aliphatic carbocycles. The Morgan fingerprint density at radius 1 is 0.727 bits per heavy atom.